The van der Waals surface area contributed by atoms with Gasteiger partial charge in [-0.15, -0.1) is 0 Å². The molecule has 5 unspecified atom stereocenters. The molecule has 2 nitrogen and oxygen atoms in total. The molecule has 0 spiro atoms. The van der Waals surface area contributed by atoms with Gasteiger partial charge in [0.25, 0.3) is 0 Å². The minimum atomic E-state index is -0.440. The fourth-order valence-corrected chi connectivity index (χ4v) is 5.06. The highest BCUT2D eigenvalue weighted by molar-refractivity contribution is 9.09. The van der Waals surface area contributed by atoms with E-state index >= 15 is 0 Å². The molecule has 2 aliphatic rings. The van der Waals surface area contributed by atoms with Crippen LogP contribution in [0, 0.1) is 11.3 Å². The zero-order chi connectivity index (χ0) is 14.4. The summed E-state index contributed by atoms with van der Waals surface area (Å²) in [6.07, 6.45) is 3.69. The molecule has 2 rings (SSSR count). The average Bonchev–Trinajstić information content (AvgIpc) is 2.40. The number of ether oxygens (including phenoxy) is 1. The van der Waals surface area contributed by atoms with Gasteiger partial charge in [-0.25, -0.2) is 0 Å². The van der Waals surface area contributed by atoms with Crippen LogP contribution >= 0.6 is 31.9 Å². The van der Waals surface area contributed by atoms with Crippen molar-refractivity contribution in [3.63, 3.8) is 0 Å². The number of alkyl halides is 2. The van der Waals surface area contributed by atoms with Crippen LogP contribution < -0.4 is 0 Å². The van der Waals surface area contributed by atoms with Crippen LogP contribution in [0.5, 0.6) is 0 Å². The molecule has 0 amide bonds. The van der Waals surface area contributed by atoms with Crippen molar-refractivity contribution in [1.29, 1.82) is 0 Å². The summed E-state index contributed by atoms with van der Waals surface area (Å²) in [4.78, 5) is 0.422. The number of fused-ring (bicyclic) bond motifs is 1. The van der Waals surface area contributed by atoms with Gasteiger partial charge in [-0.2, -0.15) is 0 Å². The Labute approximate surface area is 133 Å². The molecule has 1 N–H and O–H groups in total. The third-order valence-electron chi connectivity index (χ3n) is 5.00. The lowest BCUT2D eigenvalue weighted by Crippen LogP contribution is -2.57. The molecule has 0 aromatic rings. The molecular formula is C15H24Br2O2. The van der Waals surface area contributed by atoms with Crippen molar-refractivity contribution in [3.05, 3.63) is 11.6 Å². The van der Waals surface area contributed by atoms with Crippen LogP contribution in [-0.2, 0) is 4.74 Å². The smallest absolute Gasteiger partial charge is 0.0887 e. The van der Waals surface area contributed by atoms with Gasteiger partial charge in [0, 0.05) is 16.1 Å². The molecule has 110 valence electrons. The summed E-state index contributed by atoms with van der Waals surface area (Å²) >= 11 is 7.33. The second kappa shape index (κ2) is 5.43. The predicted octanol–water partition coefficient (Wildman–Crippen LogP) is 4.05. The number of aliphatic hydroxyl groups excluding tert-OH is 1. The Bertz CT molecular complexity index is 380. The van der Waals surface area contributed by atoms with Crippen LogP contribution in [-0.4, -0.2) is 33.1 Å². The van der Waals surface area contributed by atoms with Crippen LogP contribution in [0.25, 0.3) is 0 Å². The van der Waals surface area contributed by atoms with Gasteiger partial charge in [0.05, 0.1) is 17.8 Å². The maximum atomic E-state index is 10.7. The van der Waals surface area contributed by atoms with Crippen LogP contribution in [0.1, 0.15) is 40.5 Å². The first-order valence-electron chi connectivity index (χ1n) is 6.96. The molecule has 1 aliphatic heterocycles. The summed E-state index contributed by atoms with van der Waals surface area (Å²) in [5, 5.41) is 11.5. The van der Waals surface area contributed by atoms with Gasteiger partial charge < -0.3 is 9.84 Å². The third kappa shape index (κ3) is 2.70. The lowest BCUT2D eigenvalue weighted by atomic mass is 9.59. The number of hydrogen-bond acceptors (Lipinski definition) is 2. The molecule has 1 aliphatic carbocycles. The lowest BCUT2D eigenvalue weighted by Gasteiger charge is -2.54. The van der Waals surface area contributed by atoms with Crippen LogP contribution in [0.2, 0.25) is 0 Å². The number of rotatable bonds is 1. The topological polar surface area (TPSA) is 29.5 Å². The number of hydrogen-bond donors (Lipinski definition) is 1. The Hall–Kier alpha value is 0.620. The zero-order valence-electron chi connectivity index (χ0n) is 12.1. The molecule has 19 heavy (non-hydrogen) atoms. The molecule has 0 saturated heterocycles. The maximum Gasteiger partial charge on any atom is 0.0887 e. The second-order valence-corrected chi connectivity index (χ2v) is 8.53. The summed E-state index contributed by atoms with van der Waals surface area (Å²) in [6.45, 7) is 8.69. The SMILES string of the molecule is CC1=CC(O)C2C(C)(CCC(Br)C2(C)C)OC1CBr. The van der Waals surface area contributed by atoms with Crippen molar-refractivity contribution in [1.82, 2.24) is 0 Å². The molecule has 0 radical (unpaired) electrons. The highest BCUT2D eigenvalue weighted by atomic mass is 79.9. The molecule has 4 heteroatoms. The summed E-state index contributed by atoms with van der Waals surface area (Å²) in [7, 11) is 0. The van der Waals surface area contributed by atoms with Crippen molar-refractivity contribution in [2.75, 3.05) is 5.33 Å². The van der Waals surface area contributed by atoms with Crippen LogP contribution in [0.4, 0.5) is 0 Å². The van der Waals surface area contributed by atoms with E-state index < -0.39 is 6.10 Å². The van der Waals surface area contributed by atoms with Gasteiger partial charge in [0.1, 0.15) is 0 Å². The Morgan fingerprint density at radius 2 is 2.05 bits per heavy atom. The van der Waals surface area contributed by atoms with E-state index in [2.05, 4.69) is 59.6 Å². The first-order valence-corrected chi connectivity index (χ1v) is 9.00. The first-order chi connectivity index (χ1) is 8.72. The van der Waals surface area contributed by atoms with Gasteiger partial charge in [-0.3, -0.25) is 0 Å². The minimum absolute atomic E-state index is 0.00436. The van der Waals surface area contributed by atoms with Crippen molar-refractivity contribution >= 4 is 31.9 Å². The van der Waals surface area contributed by atoms with E-state index in [1.165, 1.54) is 0 Å². The molecule has 5 atom stereocenters. The van der Waals surface area contributed by atoms with Crippen LogP contribution in [0.3, 0.4) is 0 Å². The van der Waals surface area contributed by atoms with Gasteiger partial charge in [0.2, 0.25) is 0 Å². The van der Waals surface area contributed by atoms with Crippen molar-refractivity contribution < 1.29 is 9.84 Å². The molecule has 1 saturated carbocycles. The summed E-state index contributed by atoms with van der Waals surface area (Å²) in [5.41, 5.74) is 0.867. The normalized spacial score (nSPS) is 46.2. The predicted molar refractivity (Wildman–Crippen MR) is 86.1 cm³/mol. The molecule has 1 fully saturated rings. The quantitative estimate of drug-likeness (QED) is 0.536. The van der Waals surface area contributed by atoms with E-state index in [9.17, 15) is 5.11 Å². The Morgan fingerprint density at radius 1 is 1.42 bits per heavy atom. The van der Waals surface area contributed by atoms with Gasteiger partial charge >= 0.3 is 0 Å². The summed E-state index contributed by atoms with van der Waals surface area (Å²) < 4.78 is 6.42. The fraction of sp³-hybridized carbons (Fsp3) is 0.867. The van der Waals surface area contributed by atoms with E-state index in [0.29, 0.717) is 4.83 Å². The summed E-state index contributed by atoms with van der Waals surface area (Å²) in [5.74, 6) is 0.108. The second-order valence-electron chi connectivity index (χ2n) is 6.78. The Balaban J connectivity index is 2.44. The van der Waals surface area contributed by atoms with E-state index in [4.69, 9.17) is 4.74 Å². The Kier molecular flexibility index (Phi) is 4.57. The minimum Gasteiger partial charge on any atom is -0.389 e. The zero-order valence-corrected chi connectivity index (χ0v) is 15.3. The molecule has 0 bridgehead atoms. The van der Waals surface area contributed by atoms with Crippen molar-refractivity contribution in [2.24, 2.45) is 11.3 Å². The largest absolute Gasteiger partial charge is 0.389 e. The lowest BCUT2D eigenvalue weighted by molar-refractivity contribution is -0.166. The molecule has 0 aromatic carbocycles. The monoisotopic (exact) mass is 394 g/mol. The van der Waals surface area contributed by atoms with Crippen molar-refractivity contribution in [2.45, 2.75) is 63.2 Å². The third-order valence-corrected chi connectivity index (χ3v) is 7.22. The Morgan fingerprint density at radius 3 is 2.63 bits per heavy atom. The fourth-order valence-electron chi connectivity index (χ4n) is 3.90. The van der Waals surface area contributed by atoms with E-state index in [1.54, 1.807) is 0 Å². The molecular weight excluding hydrogens is 372 g/mol. The highest BCUT2D eigenvalue weighted by Gasteiger charge is 2.55. The standard InChI is InChI=1S/C15H24Br2O2/c1-9-7-10(18)13-14(2,3)12(17)5-6-15(13,4)19-11(9)8-16/h7,10-13,18H,5-6,8H2,1-4H3. The molecule has 0 aromatic heterocycles. The summed E-state index contributed by atoms with van der Waals surface area (Å²) in [6, 6.07) is 0. The van der Waals surface area contributed by atoms with Gasteiger partial charge in [0.15, 0.2) is 0 Å². The van der Waals surface area contributed by atoms with E-state index in [0.717, 1.165) is 23.7 Å². The van der Waals surface area contributed by atoms with E-state index in [-0.39, 0.29) is 23.0 Å². The van der Waals surface area contributed by atoms with Gasteiger partial charge in [-0.05, 0) is 37.7 Å². The maximum absolute atomic E-state index is 10.7. The average molecular weight is 396 g/mol. The number of aliphatic hydroxyl groups is 1. The first kappa shape index (κ1) is 16.0. The van der Waals surface area contributed by atoms with Gasteiger partial charge in [-0.1, -0.05) is 51.8 Å². The molecule has 1 heterocycles. The highest BCUT2D eigenvalue weighted by Crippen LogP contribution is 2.54. The van der Waals surface area contributed by atoms with E-state index in [1.807, 2.05) is 6.08 Å². The van der Waals surface area contributed by atoms with Crippen LogP contribution in [0.15, 0.2) is 11.6 Å². The number of halogens is 2. The van der Waals surface area contributed by atoms with Crippen molar-refractivity contribution in [3.8, 4) is 0 Å².